The average molecular weight is 1150 g/mol. The molecule has 0 unspecified atom stereocenters. The molecule has 18 aromatic rings. The number of benzene rings is 10. The number of aromatic nitrogens is 8. The van der Waals surface area contributed by atoms with E-state index in [0.717, 1.165) is 166 Å². The quantitative estimate of drug-likeness (QED) is 0.143. The molecule has 0 aliphatic rings. The average Bonchev–Trinajstić information content (AvgIpc) is 1.47. The highest BCUT2D eigenvalue weighted by atomic mass is 15.1. The summed E-state index contributed by atoms with van der Waals surface area (Å²) in [7, 11) is 0. The van der Waals surface area contributed by atoms with E-state index in [1.54, 1.807) is 0 Å². The van der Waals surface area contributed by atoms with Crippen LogP contribution in [0.1, 0.15) is 5.56 Å². The van der Waals surface area contributed by atoms with E-state index in [9.17, 15) is 5.26 Å². The van der Waals surface area contributed by atoms with Gasteiger partial charge in [-0.3, -0.25) is 19.9 Å². The Hall–Kier alpha value is -12.5. The first-order valence-corrected chi connectivity index (χ1v) is 30.1. The van der Waals surface area contributed by atoms with Crippen LogP contribution < -0.4 is 0 Å². The molecule has 8 heterocycles. The molecule has 0 spiro atoms. The lowest BCUT2D eigenvalue weighted by atomic mass is 9.93. The highest BCUT2D eigenvalue weighted by Gasteiger charge is 2.35. The maximum absolute atomic E-state index is 13.2. The summed E-state index contributed by atoms with van der Waals surface area (Å²) >= 11 is 0. The van der Waals surface area contributed by atoms with Gasteiger partial charge in [0.05, 0.1) is 66.9 Å². The first-order chi connectivity index (χ1) is 44.7. The largest absolute Gasteiger partial charge is 0.306 e. The van der Waals surface area contributed by atoms with Crippen LogP contribution in [0.15, 0.2) is 298 Å². The SMILES string of the molecule is N#Cc1c(-n2c3ccccc3c3ccccc32)c(-n2c3ccc(-c4ccncc4)cc3c3cc(-c4ccncc4)ccc32)c(-c2ccccc2)c(-n2c3ccc(-c4ccncc4)cc3c3cc(-c4ccncc4)ccc32)c1-n1c2ccccc2c2ccccc21. The Bertz CT molecular complexity index is 5320. The van der Waals surface area contributed by atoms with Gasteiger partial charge >= 0.3 is 0 Å². The van der Waals surface area contributed by atoms with Gasteiger partial charge in [0, 0.05) is 98.2 Å². The van der Waals surface area contributed by atoms with Crippen LogP contribution in [0.4, 0.5) is 0 Å². The van der Waals surface area contributed by atoms with Crippen LogP contribution in [-0.4, -0.2) is 38.2 Å². The molecule has 0 radical (unpaired) electrons. The van der Waals surface area contributed by atoms with Crippen molar-refractivity contribution in [2.75, 3.05) is 0 Å². The number of pyridine rings is 4. The lowest BCUT2D eigenvalue weighted by Gasteiger charge is -2.29. The molecule has 0 amide bonds. The van der Waals surface area contributed by atoms with E-state index in [-0.39, 0.29) is 0 Å². The second-order valence-electron chi connectivity index (χ2n) is 22.9. The second kappa shape index (κ2) is 20.3. The Kier molecular flexibility index (Phi) is 11.5. The van der Waals surface area contributed by atoms with Crippen molar-refractivity contribution in [3.63, 3.8) is 0 Å². The Balaban J connectivity index is 1.12. The zero-order chi connectivity index (χ0) is 59.4. The lowest BCUT2D eigenvalue weighted by Crippen LogP contribution is -2.16. The van der Waals surface area contributed by atoms with Crippen molar-refractivity contribution < 1.29 is 0 Å². The van der Waals surface area contributed by atoms with Gasteiger partial charge in [-0.2, -0.15) is 5.26 Å². The van der Waals surface area contributed by atoms with Crippen LogP contribution in [0.25, 0.3) is 166 Å². The third-order valence-electron chi connectivity index (χ3n) is 18.2. The molecular weight excluding hydrogens is 1100 g/mol. The van der Waals surface area contributed by atoms with Gasteiger partial charge in [-0.1, -0.05) is 127 Å². The minimum atomic E-state index is 0.492. The lowest BCUT2D eigenvalue weighted by molar-refractivity contribution is 1.04. The molecule has 0 N–H and O–H groups in total. The van der Waals surface area contributed by atoms with Crippen molar-refractivity contribution in [1.82, 2.24) is 38.2 Å². The van der Waals surface area contributed by atoms with Crippen LogP contribution in [0, 0.1) is 11.3 Å². The normalized spacial score (nSPS) is 11.8. The maximum Gasteiger partial charge on any atom is 0.104 e. The number of nitriles is 1. The summed E-state index contributed by atoms with van der Waals surface area (Å²) < 4.78 is 9.70. The molecule has 18 rings (SSSR count). The number of rotatable bonds is 9. The first-order valence-electron chi connectivity index (χ1n) is 30.1. The molecule has 0 aliphatic carbocycles. The molecule has 0 saturated carbocycles. The van der Waals surface area contributed by atoms with Gasteiger partial charge < -0.3 is 18.3 Å². The van der Waals surface area contributed by atoms with E-state index >= 15 is 0 Å². The summed E-state index contributed by atoms with van der Waals surface area (Å²) in [4.78, 5) is 17.7. The molecule has 10 aromatic carbocycles. The number of fused-ring (bicyclic) bond motifs is 12. The summed E-state index contributed by atoms with van der Waals surface area (Å²) in [5.41, 5.74) is 21.8. The Morgan fingerprint density at radius 2 is 0.478 bits per heavy atom. The number of nitrogens with zero attached hydrogens (tertiary/aromatic N) is 9. The van der Waals surface area contributed by atoms with Gasteiger partial charge in [0.25, 0.3) is 0 Å². The van der Waals surface area contributed by atoms with Crippen molar-refractivity contribution in [3.8, 4) is 84.5 Å². The fourth-order valence-corrected chi connectivity index (χ4v) is 14.3. The van der Waals surface area contributed by atoms with E-state index in [1.807, 2.05) is 49.6 Å². The van der Waals surface area contributed by atoms with Gasteiger partial charge in [0.1, 0.15) is 11.6 Å². The van der Waals surface area contributed by atoms with E-state index in [0.29, 0.717) is 5.56 Å². The first kappa shape index (κ1) is 50.8. The topological polar surface area (TPSA) is 95.1 Å². The maximum atomic E-state index is 13.2. The molecule has 8 aromatic heterocycles. The fraction of sp³-hybridized carbons (Fsp3) is 0. The van der Waals surface area contributed by atoms with Crippen LogP contribution in [0.3, 0.4) is 0 Å². The van der Waals surface area contributed by atoms with Gasteiger partial charge in [0.2, 0.25) is 0 Å². The summed E-state index contributed by atoms with van der Waals surface area (Å²) in [5, 5.41) is 21.7. The molecule has 90 heavy (non-hydrogen) atoms. The van der Waals surface area contributed by atoms with Crippen molar-refractivity contribution in [3.05, 3.63) is 304 Å². The number of hydrogen-bond acceptors (Lipinski definition) is 5. The van der Waals surface area contributed by atoms with Gasteiger partial charge in [0.15, 0.2) is 0 Å². The molecule has 0 bridgehead atoms. The number of para-hydroxylation sites is 4. The monoisotopic (exact) mass is 1150 g/mol. The van der Waals surface area contributed by atoms with Crippen LogP contribution in [0.5, 0.6) is 0 Å². The smallest absolute Gasteiger partial charge is 0.104 e. The van der Waals surface area contributed by atoms with Crippen LogP contribution >= 0.6 is 0 Å². The predicted octanol–water partition coefficient (Wildman–Crippen LogP) is 19.9. The van der Waals surface area contributed by atoms with E-state index in [4.69, 9.17) is 0 Å². The predicted molar refractivity (Wildman–Crippen MR) is 367 cm³/mol. The standard InChI is InChI=1S/C81H49N9/c82-50-68-78(87-69-18-8-4-14-60(69)61-15-5-9-19-70(61)87)80(89-73-26-22-56(51-30-38-83-39-31-51)46-64(73)65-47-57(23-27-74(65)89)52-32-40-84-41-33-52)77(55-12-2-1-3-13-55)81(79(68)88-71-20-10-6-16-62(71)63-17-7-11-21-72(63)88)90-75-28-24-58(53-34-42-85-43-35-53)48-66(75)67-49-59(25-29-76(67)90)54-36-44-86-45-37-54/h1-49H. The number of hydrogen-bond donors (Lipinski definition) is 0. The molecule has 0 atom stereocenters. The summed E-state index contributed by atoms with van der Waals surface area (Å²) in [6, 6.07) is 92.4. The van der Waals surface area contributed by atoms with Crippen molar-refractivity contribution in [2.45, 2.75) is 0 Å². The molecule has 0 aliphatic heterocycles. The Labute approximate surface area is 516 Å². The van der Waals surface area contributed by atoms with E-state index in [2.05, 4.69) is 293 Å². The zero-order valence-corrected chi connectivity index (χ0v) is 48.3. The minimum Gasteiger partial charge on any atom is -0.306 e. The molecular formula is C81H49N9. The minimum absolute atomic E-state index is 0.492. The summed E-state index contributed by atoms with van der Waals surface area (Å²) in [5.74, 6) is 0. The van der Waals surface area contributed by atoms with Crippen molar-refractivity contribution in [1.29, 1.82) is 5.26 Å². The third-order valence-corrected chi connectivity index (χ3v) is 18.2. The molecule has 418 valence electrons. The molecule has 0 saturated heterocycles. The second-order valence-corrected chi connectivity index (χ2v) is 22.9. The summed E-state index contributed by atoms with van der Waals surface area (Å²) in [6.07, 6.45) is 14.8. The molecule has 9 heteroatoms. The Morgan fingerprint density at radius 1 is 0.222 bits per heavy atom. The fourth-order valence-electron chi connectivity index (χ4n) is 14.3. The van der Waals surface area contributed by atoms with Crippen molar-refractivity contribution >= 4 is 87.2 Å². The van der Waals surface area contributed by atoms with Gasteiger partial charge in [-0.25, -0.2) is 0 Å². The zero-order valence-electron chi connectivity index (χ0n) is 48.3. The van der Waals surface area contributed by atoms with Gasteiger partial charge in [-0.05, 0) is 171 Å². The highest BCUT2D eigenvalue weighted by molar-refractivity contribution is 6.18. The van der Waals surface area contributed by atoms with Crippen molar-refractivity contribution in [2.24, 2.45) is 0 Å². The third kappa shape index (κ3) is 7.68. The van der Waals surface area contributed by atoms with E-state index < -0.39 is 0 Å². The Morgan fingerprint density at radius 3 is 0.767 bits per heavy atom. The van der Waals surface area contributed by atoms with E-state index in [1.165, 1.54) is 0 Å². The van der Waals surface area contributed by atoms with Crippen LogP contribution in [-0.2, 0) is 0 Å². The van der Waals surface area contributed by atoms with Gasteiger partial charge in [-0.15, -0.1) is 0 Å². The molecule has 9 nitrogen and oxygen atoms in total. The summed E-state index contributed by atoms with van der Waals surface area (Å²) in [6.45, 7) is 0. The van der Waals surface area contributed by atoms with Crippen LogP contribution in [0.2, 0.25) is 0 Å². The molecule has 0 fully saturated rings. The highest BCUT2D eigenvalue weighted by Crippen LogP contribution is 2.53.